The highest BCUT2D eigenvalue weighted by Crippen LogP contribution is 2.39. The number of thiophene rings is 1. The van der Waals surface area contributed by atoms with Crippen molar-refractivity contribution < 1.29 is 0 Å². The average molecular weight is 406 g/mol. The van der Waals surface area contributed by atoms with Gasteiger partial charge in [0.1, 0.15) is 11.0 Å². The first kappa shape index (κ1) is 15.4. The van der Waals surface area contributed by atoms with E-state index in [4.69, 9.17) is 9.97 Å². The third-order valence-electron chi connectivity index (χ3n) is 3.66. The lowest BCUT2D eigenvalue weighted by Crippen LogP contribution is -2.08. The summed E-state index contributed by atoms with van der Waals surface area (Å²) in [5, 5.41) is 0. The molecule has 0 amide bonds. The van der Waals surface area contributed by atoms with E-state index in [9.17, 15) is 0 Å². The molecule has 0 radical (unpaired) electrons. The van der Waals surface area contributed by atoms with Crippen molar-refractivity contribution in [3.8, 4) is 0 Å². The van der Waals surface area contributed by atoms with Gasteiger partial charge in [0, 0.05) is 0 Å². The first-order chi connectivity index (χ1) is 8.99. The normalized spacial score (nSPS) is 14.8. The molecule has 0 spiro atoms. The fourth-order valence-corrected chi connectivity index (χ4v) is 4.83. The second kappa shape index (κ2) is 6.19. The van der Waals surface area contributed by atoms with Crippen LogP contribution in [-0.4, -0.2) is 9.97 Å². The van der Waals surface area contributed by atoms with E-state index in [-0.39, 0.29) is 0 Å². The van der Waals surface area contributed by atoms with E-state index in [2.05, 4.69) is 59.6 Å². The highest BCUT2D eigenvalue weighted by molar-refractivity contribution is 9.12. The van der Waals surface area contributed by atoms with Crippen molar-refractivity contribution in [3.05, 3.63) is 19.0 Å². The van der Waals surface area contributed by atoms with Crippen molar-refractivity contribution in [3.63, 3.8) is 0 Å². The molecule has 19 heavy (non-hydrogen) atoms. The predicted octanol–water partition coefficient (Wildman–Crippen LogP) is 6.24. The molecule has 2 heterocycles. The van der Waals surface area contributed by atoms with Gasteiger partial charge >= 0.3 is 0 Å². The number of aromatic nitrogens is 2. The van der Waals surface area contributed by atoms with Crippen LogP contribution in [0, 0.1) is 0 Å². The average Bonchev–Trinajstić information content (AvgIpc) is 2.70. The maximum atomic E-state index is 4.91. The summed E-state index contributed by atoms with van der Waals surface area (Å²) in [4.78, 5) is 9.81. The molecule has 0 bridgehead atoms. The second-order valence-electron chi connectivity index (χ2n) is 4.96. The largest absolute Gasteiger partial charge is 0.247 e. The Hall–Kier alpha value is -0.000000000000000167. The summed E-state index contributed by atoms with van der Waals surface area (Å²) in [6.45, 7) is 8.87. The van der Waals surface area contributed by atoms with E-state index >= 15 is 0 Å². The molecule has 2 nitrogen and oxygen atoms in total. The van der Waals surface area contributed by atoms with Gasteiger partial charge in [0.15, 0.2) is 0 Å². The Balaban J connectivity index is 2.72. The zero-order valence-corrected chi connectivity index (χ0v) is 15.6. The van der Waals surface area contributed by atoms with E-state index < -0.39 is 0 Å². The molecule has 0 saturated carbocycles. The smallest absolute Gasteiger partial charge is 0.115 e. The maximum absolute atomic E-state index is 4.91. The lowest BCUT2D eigenvalue weighted by atomic mass is 9.95. The zero-order chi connectivity index (χ0) is 14.2. The Kier molecular flexibility index (Phi) is 5.01. The fourth-order valence-electron chi connectivity index (χ4n) is 2.02. The molecule has 5 heteroatoms. The summed E-state index contributed by atoms with van der Waals surface area (Å²) in [5.41, 5.74) is 4.30. The molecule has 104 valence electrons. The molecule has 2 rings (SSSR count). The van der Waals surface area contributed by atoms with E-state index in [1.54, 1.807) is 11.3 Å². The third kappa shape index (κ3) is 2.88. The minimum Gasteiger partial charge on any atom is -0.247 e. The summed E-state index contributed by atoms with van der Waals surface area (Å²) in [6, 6.07) is 0. The van der Waals surface area contributed by atoms with Crippen LogP contribution in [0.4, 0.5) is 0 Å². The molecule has 0 aliphatic heterocycles. The van der Waals surface area contributed by atoms with Crippen LogP contribution in [0.3, 0.4) is 0 Å². The van der Waals surface area contributed by atoms with Crippen LogP contribution in [-0.2, 0) is 0 Å². The molecule has 2 aromatic rings. The van der Waals surface area contributed by atoms with Crippen LogP contribution in [0.25, 0.3) is 11.0 Å². The zero-order valence-electron chi connectivity index (χ0n) is 11.6. The van der Waals surface area contributed by atoms with Crippen LogP contribution in [0.2, 0.25) is 0 Å². The molecule has 0 saturated heterocycles. The molecule has 0 aromatic carbocycles. The van der Waals surface area contributed by atoms with Gasteiger partial charge in [-0.15, -0.1) is 11.3 Å². The SMILES string of the molecule is CCC(C)c1nc2c(Br)sc(Br)c2nc1C(C)CC. The van der Waals surface area contributed by atoms with Crippen LogP contribution in [0.1, 0.15) is 63.8 Å². The van der Waals surface area contributed by atoms with Gasteiger partial charge in [-0.25, -0.2) is 9.97 Å². The van der Waals surface area contributed by atoms with Crippen LogP contribution >= 0.6 is 43.2 Å². The number of nitrogens with zero attached hydrogens (tertiary/aromatic N) is 2. The van der Waals surface area contributed by atoms with Crippen LogP contribution in [0.15, 0.2) is 7.57 Å². The molecule has 0 N–H and O–H groups in total. The van der Waals surface area contributed by atoms with E-state index in [0.29, 0.717) is 11.8 Å². The summed E-state index contributed by atoms with van der Waals surface area (Å²) in [7, 11) is 0. The van der Waals surface area contributed by atoms with Crippen molar-refractivity contribution in [2.45, 2.75) is 52.4 Å². The minimum absolute atomic E-state index is 0.450. The first-order valence-corrected chi connectivity index (χ1v) is 9.05. The Morgan fingerprint density at radius 2 is 1.26 bits per heavy atom. The monoisotopic (exact) mass is 404 g/mol. The van der Waals surface area contributed by atoms with Gasteiger partial charge in [-0.3, -0.25) is 0 Å². The Bertz CT molecular complexity index is 545. The van der Waals surface area contributed by atoms with Crippen LogP contribution < -0.4 is 0 Å². The predicted molar refractivity (Wildman–Crippen MR) is 90.2 cm³/mol. The molecule has 2 aromatic heterocycles. The van der Waals surface area contributed by atoms with Gasteiger partial charge in [0.2, 0.25) is 0 Å². The minimum atomic E-state index is 0.450. The van der Waals surface area contributed by atoms with Crippen LogP contribution in [0.5, 0.6) is 0 Å². The third-order valence-corrected chi connectivity index (χ3v) is 6.13. The Morgan fingerprint density at radius 1 is 0.895 bits per heavy atom. The van der Waals surface area contributed by atoms with Gasteiger partial charge in [-0.2, -0.15) is 0 Å². The molecule has 0 aliphatic carbocycles. The van der Waals surface area contributed by atoms with Crippen molar-refractivity contribution in [2.24, 2.45) is 0 Å². The summed E-state index contributed by atoms with van der Waals surface area (Å²) in [6.07, 6.45) is 2.18. The maximum Gasteiger partial charge on any atom is 0.115 e. The molecule has 0 fully saturated rings. The Labute approximate surface area is 135 Å². The summed E-state index contributed by atoms with van der Waals surface area (Å²) >= 11 is 8.82. The fraction of sp³-hybridized carbons (Fsp3) is 0.571. The second-order valence-corrected chi connectivity index (χ2v) is 8.62. The van der Waals surface area contributed by atoms with Gasteiger partial charge in [-0.1, -0.05) is 27.7 Å². The first-order valence-electron chi connectivity index (χ1n) is 6.64. The van der Waals surface area contributed by atoms with Gasteiger partial charge in [0.05, 0.1) is 19.0 Å². The van der Waals surface area contributed by atoms with Crippen molar-refractivity contribution >= 4 is 54.2 Å². The lowest BCUT2D eigenvalue weighted by molar-refractivity contribution is 0.642. The highest BCUT2D eigenvalue weighted by Gasteiger charge is 2.21. The topological polar surface area (TPSA) is 25.8 Å². The standard InChI is InChI=1S/C14H18Br2N2S/c1-5-7(3)9-10(8(4)6-2)18-12-11(17-9)13(15)19-14(12)16/h7-8H,5-6H2,1-4H3. The number of halogens is 2. The molecule has 2 unspecified atom stereocenters. The summed E-state index contributed by atoms with van der Waals surface area (Å²) < 4.78 is 2.12. The molecule has 0 aliphatic rings. The number of hydrogen-bond acceptors (Lipinski definition) is 3. The van der Waals surface area contributed by atoms with E-state index in [0.717, 1.165) is 42.8 Å². The quantitative estimate of drug-likeness (QED) is 0.601. The lowest BCUT2D eigenvalue weighted by Gasteiger charge is -2.17. The van der Waals surface area contributed by atoms with Crippen molar-refractivity contribution in [1.82, 2.24) is 9.97 Å². The van der Waals surface area contributed by atoms with E-state index in [1.165, 1.54) is 0 Å². The van der Waals surface area contributed by atoms with Gasteiger partial charge < -0.3 is 0 Å². The number of fused-ring (bicyclic) bond motifs is 1. The Morgan fingerprint density at radius 3 is 1.58 bits per heavy atom. The molecular formula is C14H18Br2N2S. The van der Waals surface area contributed by atoms with Crippen molar-refractivity contribution in [1.29, 1.82) is 0 Å². The van der Waals surface area contributed by atoms with Gasteiger partial charge in [-0.05, 0) is 56.5 Å². The number of rotatable bonds is 4. The summed E-state index contributed by atoms with van der Waals surface area (Å²) in [5.74, 6) is 0.901. The van der Waals surface area contributed by atoms with E-state index in [1.807, 2.05) is 0 Å². The van der Waals surface area contributed by atoms with Crippen molar-refractivity contribution in [2.75, 3.05) is 0 Å². The molecule has 2 atom stereocenters. The van der Waals surface area contributed by atoms with Gasteiger partial charge in [0.25, 0.3) is 0 Å². The number of hydrogen-bond donors (Lipinski definition) is 0. The highest BCUT2D eigenvalue weighted by atomic mass is 79.9. The molecular weight excluding hydrogens is 388 g/mol.